The predicted molar refractivity (Wildman–Crippen MR) is 63.9 cm³/mol. The molecule has 4 nitrogen and oxygen atoms in total. The number of methoxy groups -OCH3 is 1. The second-order valence-corrected chi connectivity index (χ2v) is 4.83. The first-order valence-electron chi connectivity index (χ1n) is 6.76. The largest absolute Gasteiger partial charge is 0.381 e. The van der Waals surface area contributed by atoms with E-state index in [1.54, 1.807) is 7.11 Å². The third-order valence-electron chi connectivity index (χ3n) is 3.51. The molecule has 2 atom stereocenters. The molecule has 0 aromatic carbocycles. The van der Waals surface area contributed by atoms with Gasteiger partial charge in [0.1, 0.15) is 0 Å². The Kier molecular flexibility index (Phi) is 5.71. The van der Waals surface area contributed by atoms with E-state index in [1.165, 1.54) is 12.8 Å². The van der Waals surface area contributed by atoms with Crippen molar-refractivity contribution in [1.82, 2.24) is 0 Å². The summed E-state index contributed by atoms with van der Waals surface area (Å²) < 4.78 is 22.2. The first-order valence-corrected chi connectivity index (χ1v) is 6.76. The molecule has 2 aliphatic rings. The molecule has 0 bridgehead atoms. The number of rotatable bonds is 5. The Morgan fingerprint density at radius 2 is 1.82 bits per heavy atom. The standard InChI is InChI=1S/C13H24O4/c1-14-11-4-2-5-12(10-11)15-9-6-13-16-7-3-8-17-13/h11-13H,2-10H2,1H3. The van der Waals surface area contributed by atoms with Gasteiger partial charge in [-0.15, -0.1) is 0 Å². The van der Waals surface area contributed by atoms with Crippen molar-refractivity contribution in [2.45, 2.75) is 57.0 Å². The molecule has 2 fully saturated rings. The van der Waals surface area contributed by atoms with Crippen LogP contribution in [0.4, 0.5) is 0 Å². The Morgan fingerprint density at radius 1 is 1.06 bits per heavy atom. The van der Waals surface area contributed by atoms with Crippen molar-refractivity contribution in [3.8, 4) is 0 Å². The van der Waals surface area contributed by atoms with E-state index in [4.69, 9.17) is 18.9 Å². The highest BCUT2D eigenvalue weighted by Crippen LogP contribution is 2.23. The SMILES string of the molecule is COC1CCCC(OCCC2OCCCO2)C1. The van der Waals surface area contributed by atoms with Gasteiger partial charge in [0.2, 0.25) is 0 Å². The van der Waals surface area contributed by atoms with Crippen LogP contribution in [0.1, 0.15) is 38.5 Å². The molecular weight excluding hydrogens is 220 g/mol. The van der Waals surface area contributed by atoms with Crippen LogP contribution in [0.3, 0.4) is 0 Å². The van der Waals surface area contributed by atoms with Gasteiger partial charge in [-0.1, -0.05) is 0 Å². The quantitative estimate of drug-likeness (QED) is 0.742. The number of hydrogen-bond acceptors (Lipinski definition) is 4. The van der Waals surface area contributed by atoms with Crippen LogP contribution in [0.25, 0.3) is 0 Å². The van der Waals surface area contributed by atoms with E-state index in [0.29, 0.717) is 12.2 Å². The van der Waals surface area contributed by atoms with E-state index in [2.05, 4.69) is 0 Å². The maximum Gasteiger partial charge on any atom is 0.159 e. The molecule has 1 saturated carbocycles. The summed E-state index contributed by atoms with van der Waals surface area (Å²) in [4.78, 5) is 0. The number of ether oxygens (including phenoxy) is 4. The summed E-state index contributed by atoms with van der Waals surface area (Å²) in [6.07, 6.45) is 7.11. The Balaban J connectivity index is 1.57. The van der Waals surface area contributed by atoms with Gasteiger partial charge in [-0.3, -0.25) is 0 Å². The highest BCUT2D eigenvalue weighted by molar-refractivity contribution is 4.73. The molecule has 1 aliphatic carbocycles. The van der Waals surface area contributed by atoms with Crippen molar-refractivity contribution < 1.29 is 18.9 Å². The third kappa shape index (κ3) is 4.54. The molecule has 0 aromatic rings. The van der Waals surface area contributed by atoms with Crippen molar-refractivity contribution in [2.75, 3.05) is 26.9 Å². The van der Waals surface area contributed by atoms with E-state index >= 15 is 0 Å². The van der Waals surface area contributed by atoms with Crippen molar-refractivity contribution in [1.29, 1.82) is 0 Å². The molecule has 0 spiro atoms. The summed E-state index contributed by atoms with van der Waals surface area (Å²) >= 11 is 0. The van der Waals surface area contributed by atoms with Crippen LogP contribution in [0.2, 0.25) is 0 Å². The van der Waals surface area contributed by atoms with E-state index in [9.17, 15) is 0 Å². The molecule has 1 saturated heterocycles. The topological polar surface area (TPSA) is 36.9 Å². The van der Waals surface area contributed by atoms with Gasteiger partial charge in [0.05, 0.1) is 32.0 Å². The zero-order valence-corrected chi connectivity index (χ0v) is 10.7. The molecule has 17 heavy (non-hydrogen) atoms. The molecule has 2 unspecified atom stereocenters. The molecule has 4 heteroatoms. The molecular formula is C13H24O4. The normalized spacial score (nSPS) is 31.6. The van der Waals surface area contributed by atoms with E-state index in [0.717, 1.165) is 45.5 Å². The smallest absolute Gasteiger partial charge is 0.159 e. The average Bonchev–Trinajstić information content (AvgIpc) is 2.40. The summed E-state index contributed by atoms with van der Waals surface area (Å²) in [5.74, 6) is 0. The second-order valence-electron chi connectivity index (χ2n) is 4.83. The molecule has 0 N–H and O–H groups in total. The third-order valence-corrected chi connectivity index (χ3v) is 3.51. The molecule has 2 rings (SSSR count). The summed E-state index contributed by atoms with van der Waals surface area (Å²) in [5, 5.41) is 0. The Labute approximate surface area is 104 Å². The summed E-state index contributed by atoms with van der Waals surface area (Å²) in [6.45, 7) is 2.37. The van der Waals surface area contributed by atoms with Gasteiger partial charge < -0.3 is 18.9 Å². The van der Waals surface area contributed by atoms with Crippen LogP contribution in [0, 0.1) is 0 Å². The number of hydrogen-bond donors (Lipinski definition) is 0. The Morgan fingerprint density at radius 3 is 2.59 bits per heavy atom. The van der Waals surface area contributed by atoms with Gasteiger partial charge in [0.15, 0.2) is 6.29 Å². The van der Waals surface area contributed by atoms with Gasteiger partial charge >= 0.3 is 0 Å². The molecule has 0 amide bonds. The fourth-order valence-corrected chi connectivity index (χ4v) is 2.50. The van der Waals surface area contributed by atoms with Crippen LogP contribution in [-0.4, -0.2) is 45.4 Å². The highest BCUT2D eigenvalue weighted by Gasteiger charge is 2.22. The van der Waals surface area contributed by atoms with Crippen LogP contribution in [0.15, 0.2) is 0 Å². The lowest BCUT2D eigenvalue weighted by molar-refractivity contribution is -0.188. The maximum absolute atomic E-state index is 5.88. The first kappa shape index (κ1) is 13.3. The molecule has 100 valence electrons. The fraction of sp³-hybridized carbons (Fsp3) is 1.00. The summed E-state index contributed by atoms with van der Waals surface area (Å²) in [5.41, 5.74) is 0. The Bertz CT molecular complexity index is 204. The van der Waals surface area contributed by atoms with Crippen molar-refractivity contribution >= 4 is 0 Å². The maximum atomic E-state index is 5.88. The predicted octanol–water partition coefficient (Wildman–Crippen LogP) is 2.11. The zero-order valence-electron chi connectivity index (χ0n) is 10.7. The second kappa shape index (κ2) is 7.31. The summed E-state index contributed by atoms with van der Waals surface area (Å²) in [7, 11) is 1.79. The van der Waals surface area contributed by atoms with Crippen LogP contribution in [0.5, 0.6) is 0 Å². The minimum Gasteiger partial charge on any atom is -0.381 e. The van der Waals surface area contributed by atoms with Crippen LogP contribution >= 0.6 is 0 Å². The van der Waals surface area contributed by atoms with Gasteiger partial charge in [-0.05, 0) is 32.1 Å². The molecule has 1 heterocycles. The van der Waals surface area contributed by atoms with E-state index < -0.39 is 0 Å². The van der Waals surface area contributed by atoms with Crippen molar-refractivity contribution in [2.24, 2.45) is 0 Å². The van der Waals surface area contributed by atoms with Crippen LogP contribution < -0.4 is 0 Å². The first-order chi connectivity index (χ1) is 8.38. The lowest BCUT2D eigenvalue weighted by atomic mass is 9.95. The highest BCUT2D eigenvalue weighted by atomic mass is 16.7. The van der Waals surface area contributed by atoms with Gasteiger partial charge in [0, 0.05) is 13.5 Å². The zero-order chi connectivity index (χ0) is 11.9. The van der Waals surface area contributed by atoms with Gasteiger partial charge in [0.25, 0.3) is 0 Å². The average molecular weight is 244 g/mol. The van der Waals surface area contributed by atoms with Crippen LogP contribution in [-0.2, 0) is 18.9 Å². The van der Waals surface area contributed by atoms with Gasteiger partial charge in [-0.25, -0.2) is 0 Å². The molecule has 0 aromatic heterocycles. The van der Waals surface area contributed by atoms with Crippen molar-refractivity contribution in [3.05, 3.63) is 0 Å². The van der Waals surface area contributed by atoms with E-state index in [-0.39, 0.29) is 6.29 Å². The van der Waals surface area contributed by atoms with E-state index in [1.807, 2.05) is 0 Å². The molecule has 0 radical (unpaired) electrons. The summed E-state index contributed by atoms with van der Waals surface area (Å²) in [6, 6.07) is 0. The lowest BCUT2D eigenvalue weighted by Gasteiger charge is -2.29. The minimum atomic E-state index is -0.0504. The van der Waals surface area contributed by atoms with Gasteiger partial charge in [-0.2, -0.15) is 0 Å². The fourth-order valence-electron chi connectivity index (χ4n) is 2.50. The Hall–Kier alpha value is -0.160. The molecule has 1 aliphatic heterocycles. The monoisotopic (exact) mass is 244 g/mol. The van der Waals surface area contributed by atoms with Crippen molar-refractivity contribution in [3.63, 3.8) is 0 Å². The minimum absolute atomic E-state index is 0.0504. The lowest BCUT2D eigenvalue weighted by Crippen LogP contribution is -2.30.